The van der Waals surface area contributed by atoms with Gasteiger partial charge in [-0.3, -0.25) is 4.79 Å². The van der Waals surface area contributed by atoms with E-state index in [9.17, 15) is 45.6 Å². The summed E-state index contributed by atoms with van der Waals surface area (Å²) in [5.74, 6) is -0.852. The molecule has 1 aromatic heterocycles. The monoisotopic (exact) mass is 1000 g/mol. The molecule has 0 unspecified atom stereocenters. The first-order chi connectivity index (χ1) is 35.5. The van der Waals surface area contributed by atoms with E-state index >= 15 is 0 Å². The number of aromatic hydroxyl groups is 1. The molecular formula is C55H54O18. The minimum atomic E-state index is -2.08. The Morgan fingerprint density at radius 1 is 0.493 bits per heavy atom. The largest absolute Gasteiger partial charge is 0.507 e. The summed E-state index contributed by atoms with van der Waals surface area (Å²) in [4.78, 5) is 15.0. The molecule has 0 bridgehead atoms. The molecule has 6 aromatic carbocycles. The lowest BCUT2D eigenvalue weighted by Crippen LogP contribution is -2.65. The quantitative estimate of drug-likeness (QED) is 0.0555. The minimum absolute atomic E-state index is 0.0556. The third kappa shape index (κ3) is 11.6. The van der Waals surface area contributed by atoms with E-state index < -0.39 is 91.6 Å². The van der Waals surface area contributed by atoms with Gasteiger partial charge >= 0.3 is 0 Å². The number of rotatable bonds is 19. The van der Waals surface area contributed by atoms with Crippen LogP contribution in [0, 0.1) is 0 Å². The maximum Gasteiger partial charge on any atom is 0.239 e. The summed E-state index contributed by atoms with van der Waals surface area (Å²) in [7, 11) is 0. The summed E-state index contributed by atoms with van der Waals surface area (Å²) in [6.45, 7) is -1.37. The van der Waals surface area contributed by atoms with Crippen molar-refractivity contribution in [2.24, 2.45) is 0 Å². The SMILES string of the molecule is O=c1c(O[C@@H]2O[C@H](CO)[C@@H](O[C@@H]3O[C@H](CO)[C@H](O)[C@H](O)[C@H]3O)[C@H](O)[C@H]2O)c(-c2cc(OCc3ccccc3)c(OCc3ccccc3)c(OCc3ccccc3)c2)oc2cc(OCc3ccccc3)cc(O)c12. The molecule has 18 nitrogen and oxygen atoms in total. The third-order valence-electron chi connectivity index (χ3n) is 12.3. The summed E-state index contributed by atoms with van der Waals surface area (Å²) < 4.78 is 55.6. The zero-order valence-corrected chi connectivity index (χ0v) is 39.0. The minimum Gasteiger partial charge on any atom is -0.507 e. The van der Waals surface area contributed by atoms with E-state index in [-0.39, 0.29) is 71.7 Å². The second kappa shape index (κ2) is 23.2. The third-order valence-corrected chi connectivity index (χ3v) is 12.3. The van der Waals surface area contributed by atoms with Gasteiger partial charge in [-0.2, -0.15) is 0 Å². The summed E-state index contributed by atoms with van der Waals surface area (Å²) in [5, 5.41) is 86.1. The lowest BCUT2D eigenvalue weighted by Gasteiger charge is -2.45. The molecule has 2 aliphatic heterocycles. The molecular weight excluding hydrogens is 949 g/mol. The number of ether oxygens (including phenoxy) is 8. The smallest absolute Gasteiger partial charge is 0.239 e. The Kier molecular flexibility index (Phi) is 16.2. The van der Waals surface area contributed by atoms with Crippen molar-refractivity contribution >= 4 is 11.0 Å². The number of aliphatic hydroxyl groups excluding tert-OH is 7. The van der Waals surface area contributed by atoms with Gasteiger partial charge in [-0.15, -0.1) is 0 Å². The Hall–Kier alpha value is -7.07. The standard InChI is InChI=1S/C55H54O18/c56-25-41-44(59)46(61)48(63)54(70-41)72-52-42(26-57)71-55(49(64)47(52)62)73-53-45(60)43-37(58)23-36(65-27-31-13-5-1-6-14-31)24-38(43)69-50(53)35-21-39(66-28-32-15-7-2-8-16-32)51(68-30-34-19-11-4-12-20-34)40(22-35)67-29-33-17-9-3-10-18-33/h1-24,41-42,44,46-49,52,54-59,61-64H,25-30H2/t41-,42-,44+,46+,47-,48-,49-,52-,54+,55+/m1/s1. The van der Waals surface area contributed by atoms with E-state index in [2.05, 4.69) is 0 Å². The summed E-state index contributed by atoms with van der Waals surface area (Å²) in [5.41, 5.74) is 2.28. The average Bonchev–Trinajstić information content (AvgIpc) is 3.42. The van der Waals surface area contributed by atoms with Crippen LogP contribution in [0.4, 0.5) is 0 Å². The Labute approximate surface area is 417 Å². The number of aliphatic hydroxyl groups is 7. The number of benzene rings is 6. The Morgan fingerprint density at radius 2 is 0.973 bits per heavy atom. The Bertz CT molecular complexity index is 2890. The summed E-state index contributed by atoms with van der Waals surface area (Å²) in [6.07, 6.45) is -18.0. The highest BCUT2D eigenvalue weighted by molar-refractivity contribution is 5.88. The number of fused-ring (bicyclic) bond motifs is 1. The molecule has 0 aliphatic carbocycles. The molecule has 0 spiro atoms. The van der Waals surface area contributed by atoms with Gasteiger partial charge in [0, 0.05) is 17.7 Å². The van der Waals surface area contributed by atoms with Gasteiger partial charge in [0.1, 0.15) is 97.7 Å². The van der Waals surface area contributed by atoms with Crippen molar-refractivity contribution in [2.45, 2.75) is 87.8 Å². The fraction of sp³-hybridized carbons (Fsp3) is 0.291. The summed E-state index contributed by atoms with van der Waals surface area (Å²) >= 11 is 0. The number of hydrogen-bond acceptors (Lipinski definition) is 18. The van der Waals surface area contributed by atoms with E-state index in [1.54, 1.807) is 12.1 Å². The van der Waals surface area contributed by atoms with Gasteiger partial charge in [0.25, 0.3) is 0 Å². The Balaban J connectivity index is 1.15. The number of phenolic OH excluding ortho intramolecular Hbond substituents is 1. The van der Waals surface area contributed by atoms with E-state index in [1.807, 2.05) is 121 Å². The van der Waals surface area contributed by atoms with Crippen LogP contribution in [0.1, 0.15) is 22.3 Å². The van der Waals surface area contributed by atoms with Crippen LogP contribution < -0.4 is 29.1 Å². The lowest BCUT2D eigenvalue weighted by atomic mass is 9.97. The van der Waals surface area contributed by atoms with E-state index in [1.165, 1.54) is 12.1 Å². The van der Waals surface area contributed by atoms with Gasteiger partial charge < -0.3 is 83.2 Å². The highest BCUT2D eigenvalue weighted by atomic mass is 16.7. The predicted molar refractivity (Wildman–Crippen MR) is 260 cm³/mol. The second-order valence-electron chi connectivity index (χ2n) is 17.4. The van der Waals surface area contributed by atoms with Crippen molar-refractivity contribution in [3.8, 4) is 45.8 Å². The van der Waals surface area contributed by atoms with Crippen LogP contribution in [-0.4, -0.2) is 115 Å². The Morgan fingerprint density at radius 3 is 1.49 bits per heavy atom. The normalized spacial score (nSPS) is 23.9. The molecule has 73 heavy (non-hydrogen) atoms. The van der Waals surface area contributed by atoms with Gasteiger partial charge in [-0.05, 0) is 34.4 Å². The molecule has 18 heteroatoms. The van der Waals surface area contributed by atoms with Crippen LogP contribution >= 0.6 is 0 Å². The molecule has 382 valence electrons. The fourth-order valence-corrected chi connectivity index (χ4v) is 8.41. The van der Waals surface area contributed by atoms with E-state index in [0.717, 1.165) is 22.3 Å². The van der Waals surface area contributed by atoms with Crippen molar-refractivity contribution in [2.75, 3.05) is 13.2 Å². The van der Waals surface area contributed by atoms with E-state index in [4.69, 9.17) is 42.3 Å². The van der Waals surface area contributed by atoms with Crippen LogP contribution in [-0.2, 0) is 40.6 Å². The van der Waals surface area contributed by atoms with Gasteiger partial charge in [0.2, 0.25) is 23.2 Å². The molecule has 0 amide bonds. The first-order valence-electron chi connectivity index (χ1n) is 23.4. The first kappa shape index (κ1) is 50.9. The van der Waals surface area contributed by atoms with Crippen LogP contribution in [0.3, 0.4) is 0 Å². The van der Waals surface area contributed by atoms with Crippen LogP contribution in [0.2, 0.25) is 0 Å². The molecule has 2 aliphatic rings. The molecule has 0 radical (unpaired) electrons. The van der Waals surface area contributed by atoms with Crippen LogP contribution in [0.25, 0.3) is 22.3 Å². The van der Waals surface area contributed by atoms with Gasteiger partial charge in [-0.25, -0.2) is 0 Å². The number of hydrogen-bond donors (Lipinski definition) is 8. The van der Waals surface area contributed by atoms with Gasteiger partial charge in [0.15, 0.2) is 23.5 Å². The average molecular weight is 1000 g/mol. The summed E-state index contributed by atoms with van der Waals surface area (Å²) in [6, 6.07) is 43.1. The molecule has 8 N–H and O–H groups in total. The maximum absolute atomic E-state index is 15.0. The molecule has 3 heterocycles. The zero-order valence-electron chi connectivity index (χ0n) is 39.0. The lowest BCUT2D eigenvalue weighted by molar-refractivity contribution is -0.352. The fourth-order valence-electron chi connectivity index (χ4n) is 8.41. The molecule has 2 fully saturated rings. The zero-order chi connectivity index (χ0) is 51.0. The highest BCUT2D eigenvalue weighted by Gasteiger charge is 2.51. The molecule has 10 atom stereocenters. The second-order valence-corrected chi connectivity index (χ2v) is 17.4. The predicted octanol–water partition coefficient (Wildman–Crippen LogP) is 4.48. The van der Waals surface area contributed by atoms with Gasteiger partial charge in [0.05, 0.1) is 13.2 Å². The van der Waals surface area contributed by atoms with Crippen molar-refractivity contribution in [1.29, 1.82) is 0 Å². The van der Waals surface area contributed by atoms with Crippen LogP contribution in [0.15, 0.2) is 155 Å². The van der Waals surface area contributed by atoms with Crippen molar-refractivity contribution < 1.29 is 83.2 Å². The first-order valence-corrected chi connectivity index (χ1v) is 23.4. The van der Waals surface area contributed by atoms with Gasteiger partial charge in [-0.1, -0.05) is 121 Å². The topological polar surface area (TPSA) is 266 Å². The highest BCUT2D eigenvalue weighted by Crippen LogP contribution is 2.46. The van der Waals surface area contributed by atoms with Crippen molar-refractivity contribution in [3.63, 3.8) is 0 Å². The number of phenols is 1. The van der Waals surface area contributed by atoms with Crippen molar-refractivity contribution in [1.82, 2.24) is 0 Å². The molecule has 7 aromatic rings. The van der Waals surface area contributed by atoms with Crippen LogP contribution in [0.5, 0.6) is 34.5 Å². The molecule has 9 rings (SSSR count). The molecule has 2 saturated heterocycles. The molecule has 0 saturated carbocycles. The van der Waals surface area contributed by atoms with Crippen molar-refractivity contribution in [3.05, 3.63) is 178 Å². The maximum atomic E-state index is 15.0. The van der Waals surface area contributed by atoms with E-state index in [0.29, 0.717) is 0 Å².